The molecule has 2 atom stereocenters. The largest absolute Gasteiger partial charge is 0.465 e. The smallest absolute Gasteiger partial charge is 0.325 e. The first kappa shape index (κ1) is 10.5. The van der Waals surface area contributed by atoms with Crippen molar-refractivity contribution in [2.45, 2.75) is 39.2 Å². The van der Waals surface area contributed by atoms with Gasteiger partial charge in [0.2, 0.25) is 0 Å². The van der Waals surface area contributed by atoms with Crippen LogP contribution >= 0.6 is 0 Å². The van der Waals surface area contributed by atoms with E-state index in [4.69, 9.17) is 4.74 Å². The second-order valence-corrected chi connectivity index (χ2v) is 4.40. The van der Waals surface area contributed by atoms with E-state index >= 15 is 0 Å². The molecule has 0 aromatic rings. The van der Waals surface area contributed by atoms with Crippen LogP contribution in [0.3, 0.4) is 0 Å². The summed E-state index contributed by atoms with van der Waals surface area (Å²) in [5, 5.41) is 0. The maximum absolute atomic E-state index is 11.4. The molecule has 2 unspecified atom stereocenters. The normalized spacial score (nSPS) is 28.9. The lowest BCUT2D eigenvalue weighted by Crippen LogP contribution is -2.35. The summed E-state index contributed by atoms with van der Waals surface area (Å²) >= 11 is 0. The van der Waals surface area contributed by atoms with Gasteiger partial charge in [0.15, 0.2) is 0 Å². The SMILES string of the molecule is CCOC(=O)CN1C(C)=CC2CCCC21. The topological polar surface area (TPSA) is 29.5 Å². The zero-order chi connectivity index (χ0) is 10.8. The molecule has 3 nitrogen and oxygen atoms in total. The standard InChI is InChI=1S/C12H19NO2/c1-3-15-12(14)8-13-9(2)7-10-5-4-6-11(10)13/h7,10-11H,3-6,8H2,1-2H3. The van der Waals surface area contributed by atoms with Gasteiger partial charge in [0.25, 0.3) is 0 Å². The van der Waals surface area contributed by atoms with Crippen LogP contribution in [-0.4, -0.2) is 30.1 Å². The van der Waals surface area contributed by atoms with Gasteiger partial charge < -0.3 is 9.64 Å². The molecule has 0 bridgehead atoms. The highest BCUT2D eigenvalue weighted by atomic mass is 16.5. The number of esters is 1. The van der Waals surface area contributed by atoms with Crippen molar-refractivity contribution in [2.75, 3.05) is 13.2 Å². The van der Waals surface area contributed by atoms with E-state index in [1.54, 1.807) is 0 Å². The van der Waals surface area contributed by atoms with E-state index in [1.807, 2.05) is 6.92 Å². The number of hydrogen-bond donors (Lipinski definition) is 0. The quantitative estimate of drug-likeness (QED) is 0.665. The third-order valence-electron chi connectivity index (χ3n) is 3.44. The molecule has 1 aliphatic heterocycles. The van der Waals surface area contributed by atoms with Crippen molar-refractivity contribution in [2.24, 2.45) is 5.92 Å². The molecule has 1 saturated carbocycles. The molecule has 2 rings (SSSR count). The van der Waals surface area contributed by atoms with Crippen LogP contribution in [-0.2, 0) is 9.53 Å². The highest BCUT2D eigenvalue weighted by Gasteiger charge is 2.36. The molecule has 84 valence electrons. The predicted molar refractivity (Wildman–Crippen MR) is 58.2 cm³/mol. The van der Waals surface area contributed by atoms with Crippen LogP contribution in [0.5, 0.6) is 0 Å². The Labute approximate surface area is 91.1 Å². The van der Waals surface area contributed by atoms with Crippen LogP contribution in [0.25, 0.3) is 0 Å². The van der Waals surface area contributed by atoms with Crippen molar-refractivity contribution in [3.63, 3.8) is 0 Å². The minimum Gasteiger partial charge on any atom is -0.465 e. The zero-order valence-corrected chi connectivity index (χ0v) is 9.53. The van der Waals surface area contributed by atoms with E-state index in [9.17, 15) is 4.79 Å². The molecule has 0 radical (unpaired) electrons. The first-order valence-electron chi connectivity index (χ1n) is 5.83. The Kier molecular flexibility index (Phi) is 2.98. The fraction of sp³-hybridized carbons (Fsp3) is 0.750. The maximum atomic E-state index is 11.4. The summed E-state index contributed by atoms with van der Waals surface area (Å²) in [6.07, 6.45) is 6.11. The van der Waals surface area contributed by atoms with Crippen molar-refractivity contribution < 1.29 is 9.53 Å². The molecule has 0 saturated heterocycles. The van der Waals surface area contributed by atoms with E-state index in [-0.39, 0.29) is 5.97 Å². The Bertz CT molecular complexity index is 285. The van der Waals surface area contributed by atoms with Gasteiger partial charge in [-0.3, -0.25) is 4.79 Å². The van der Waals surface area contributed by atoms with Crippen molar-refractivity contribution >= 4 is 5.97 Å². The molecule has 3 heteroatoms. The minimum atomic E-state index is -0.0993. The van der Waals surface area contributed by atoms with Crippen LogP contribution < -0.4 is 0 Å². The summed E-state index contributed by atoms with van der Waals surface area (Å²) < 4.78 is 4.99. The molecule has 0 amide bonds. The highest BCUT2D eigenvalue weighted by Crippen LogP contribution is 2.38. The molecule has 1 fully saturated rings. The van der Waals surface area contributed by atoms with Crippen molar-refractivity contribution in [1.29, 1.82) is 0 Å². The van der Waals surface area contributed by atoms with Crippen molar-refractivity contribution in [3.05, 3.63) is 11.8 Å². The molecule has 0 spiro atoms. The van der Waals surface area contributed by atoms with Crippen LogP contribution in [0, 0.1) is 5.92 Å². The molecule has 2 aliphatic rings. The Morgan fingerprint density at radius 2 is 2.40 bits per heavy atom. The van der Waals surface area contributed by atoms with Crippen LogP contribution in [0.1, 0.15) is 33.1 Å². The fourth-order valence-corrected chi connectivity index (χ4v) is 2.81. The first-order valence-corrected chi connectivity index (χ1v) is 5.83. The van der Waals surface area contributed by atoms with Crippen LogP contribution in [0.15, 0.2) is 11.8 Å². The molecular formula is C12H19NO2. The van der Waals surface area contributed by atoms with Gasteiger partial charge in [0.05, 0.1) is 6.61 Å². The number of carbonyl (C=O) groups is 1. The summed E-state index contributed by atoms with van der Waals surface area (Å²) in [6, 6.07) is 0.564. The maximum Gasteiger partial charge on any atom is 0.325 e. The van der Waals surface area contributed by atoms with Gasteiger partial charge in [-0.15, -0.1) is 0 Å². The van der Waals surface area contributed by atoms with E-state index in [0.29, 0.717) is 25.1 Å². The van der Waals surface area contributed by atoms with E-state index in [2.05, 4.69) is 17.9 Å². The van der Waals surface area contributed by atoms with Gasteiger partial charge in [-0.05, 0) is 32.6 Å². The number of ether oxygens (including phenoxy) is 1. The van der Waals surface area contributed by atoms with E-state index < -0.39 is 0 Å². The Balaban J connectivity index is 1.97. The highest BCUT2D eigenvalue weighted by molar-refractivity contribution is 5.72. The Morgan fingerprint density at radius 3 is 3.13 bits per heavy atom. The monoisotopic (exact) mass is 209 g/mol. The minimum absolute atomic E-state index is 0.0993. The third kappa shape index (κ3) is 2.01. The Morgan fingerprint density at radius 1 is 1.60 bits per heavy atom. The number of carbonyl (C=O) groups excluding carboxylic acids is 1. The lowest BCUT2D eigenvalue weighted by atomic mass is 10.1. The summed E-state index contributed by atoms with van der Waals surface area (Å²) in [4.78, 5) is 13.7. The number of fused-ring (bicyclic) bond motifs is 1. The molecule has 15 heavy (non-hydrogen) atoms. The zero-order valence-electron chi connectivity index (χ0n) is 9.53. The van der Waals surface area contributed by atoms with Gasteiger partial charge in [-0.25, -0.2) is 0 Å². The molecule has 0 aromatic carbocycles. The van der Waals surface area contributed by atoms with Crippen LogP contribution in [0.4, 0.5) is 0 Å². The van der Waals surface area contributed by atoms with Gasteiger partial charge in [-0.1, -0.05) is 12.5 Å². The second kappa shape index (κ2) is 4.25. The lowest BCUT2D eigenvalue weighted by Gasteiger charge is -2.27. The number of rotatable bonds is 3. The average Bonchev–Trinajstić information content (AvgIpc) is 2.71. The third-order valence-corrected chi connectivity index (χ3v) is 3.44. The summed E-state index contributed by atoms with van der Waals surface area (Å²) in [7, 11) is 0. The fourth-order valence-electron chi connectivity index (χ4n) is 2.81. The lowest BCUT2D eigenvalue weighted by molar-refractivity contribution is -0.144. The van der Waals surface area contributed by atoms with Crippen molar-refractivity contribution in [1.82, 2.24) is 4.90 Å². The molecule has 1 heterocycles. The van der Waals surface area contributed by atoms with Crippen LogP contribution in [0.2, 0.25) is 0 Å². The second-order valence-electron chi connectivity index (χ2n) is 4.40. The summed E-state index contributed by atoms with van der Waals surface area (Å²) in [5.41, 5.74) is 1.25. The summed E-state index contributed by atoms with van der Waals surface area (Å²) in [5.74, 6) is 0.581. The first-order chi connectivity index (χ1) is 7.22. The number of hydrogen-bond acceptors (Lipinski definition) is 3. The van der Waals surface area contributed by atoms with Gasteiger partial charge in [0, 0.05) is 11.7 Å². The molecule has 0 N–H and O–H groups in total. The van der Waals surface area contributed by atoms with Crippen molar-refractivity contribution in [3.8, 4) is 0 Å². The van der Waals surface area contributed by atoms with E-state index in [1.165, 1.54) is 25.0 Å². The van der Waals surface area contributed by atoms with E-state index in [0.717, 1.165) is 0 Å². The average molecular weight is 209 g/mol. The summed E-state index contributed by atoms with van der Waals surface area (Å²) in [6.45, 7) is 4.85. The Hall–Kier alpha value is -0.990. The molecule has 1 aliphatic carbocycles. The molecule has 0 aromatic heterocycles. The number of nitrogens with zero attached hydrogens (tertiary/aromatic N) is 1. The number of allylic oxidation sites excluding steroid dienone is 1. The van der Waals surface area contributed by atoms with Gasteiger partial charge in [0.1, 0.15) is 6.54 Å². The molecular weight excluding hydrogens is 190 g/mol. The predicted octanol–water partition coefficient (Wildman–Crippen LogP) is 1.94. The van der Waals surface area contributed by atoms with Gasteiger partial charge >= 0.3 is 5.97 Å². The van der Waals surface area contributed by atoms with Gasteiger partial charge in [-0.2, -0.15) is 0 Å².